The maximum absolute atomic E-state index is 10.4. The van der Waals surface area contributed by atoms with Crippen LogP contribution in [0.1, 0.15) is 6.92 Å². The molecule has 1 saturated heterocycles. The molecule has 11 heavy (non-hydrogen) atoms. The molecule has 0 aromatic rings. The van der Waals surface area contributed by atoms with E-state index in [1.807, 2.05) is 6.92 Å². The molecule has 0 aliphatic carbocycles. The molecule has 3 nitrogen and oxygen atoms in total. The molecule has 1 fully saturated rings. The van der Waals surface area contributed by atoms with E-state index in [9.17, 15) is 8.76 Å². The fourth-order valence-electron chi connectivity index (χ4n) is 1.06. The van der Waals surface area contributed by atoms with E-state index in [0.29, 0.717) is 6.61 Å². The molecule has 66 valence electrons. The SMILES string of the molecule is CCOC1(CS(=O)[O-])CSC1. The molecule has 1 rings (SSSR count). The fraction of sp³-hybridized carbons (Fsp3) is 1.00. The minimum atomic E-state index is -1.97. The highest BCUT2D eigenvalue weighted by Gasteiger charge is 2.38. The second-order valence-corrected chi connectivity index (χ2v) is 4.44. The van der Waals surface area contributed by atoms with Crippen LogP contribution in [0, 0.1) is 0 Å². The van der Waals surface area contributed by atoms with Crippen LogP contribution >= 0.6 is 11.8 Å². The van der Waals surface area contributed by atoms with Gasteiger partial charge >= 0.3 is 0 Å². The molecule has 0 spiro atoms. The predicted octanol–water partition coefficient (Wildman–Crippen LogP) is 0.388. The molecule has 0 radical (unpaired) electrons. The molecule has 0 aromatic heterocycles. The monoisotopic (exact) mass is 195 g/mol. The van der Waals surface area contributed by atoms with Gasteiger partial charge < -0.3 is 9.29 Å². The van der Waals surface area contributed by atoms with E-state index in [1.54, 1.807) is 11.8 Å². The third-order valence-electron chi connectivity index (χ3n) is 1.56. The van der Waals surface area contributed by atoms with Crippen molar-refractivity contribution in [1.82, 2.24) is 0 Å². The van der Waals surface area contributed by atoms with Crippen LogP contribution < -0.4 is 0 Å². The summed E-state index contributed by atoms with van der Waals surface area (Å²) in [6, 6.07) is 0. The van der Waals surface area contributed by atoms with E-state index in [4.69, 9.17) is 4.74 Å². The molecular weight excluding hydrogens is 184 g/mol. The number of rotatable bonds is 4. The van der Waals surface area contributed by atoms with Crippen molar-refractivity contribution in [3.63, 3.8) is 0 Å². The Kier molecular flexibility index (Phi) is 3.36. The molecule has 0 amide bonds. The molecule has 1 aliphatic heterocycles. The van der Waals surface area contributed by atoms with Crippen LogP contribution in [0.25, 0.3) is 0 Å². The average Bonchev–Trinajstić information content (AvgIpc) is 1.82. The minimum Gasteiger partial charge on any atom is -0.772 e. The lowest BCUT2D eigenvalue weighted by atomic mass is 10.1. The Morgan fingerprint density at radius 3 is 2.64 bits per heavy atom. The van der Waals surface area contributed by atoms with Gasteiger partial charge in [0, 0.05) is 23.9 Å². The Labute approximate surface area is 73.2 Å². The largest absolute Gasteiger partial charge is 0.772 e. The minimum absolute atomic E-state index is 0.147. The van der Waals surface area contributed by atoms with Crippen molar-refractivity contribution in [2.75, 3.05) is 23.9 Å². The Hall–Kier alpha value is 0.420. The van der Waals surface area contributed by atoms with Crippen LogP contribution in [0.3, 0.4) is 0 Å². The third-order valence-corrected chi connectivity index (χ3v) is 3.78. The van der Waals surface area contributed by atoms with Crippen LogP contribution in [0.15, 0.2) is 0 Å². The standard InChI is InChI=1S/C6H12O3S2/c1-2-9-6(3-10-4-6)5-11(7)8/h2-5H2,1H3,(H,7,8)/p-1. The van der Waals surface area contributed by atoms with Crippen LogP contribution in [0.2, 0.25) is 0 Å². The molecule has 5 heteroatoms. The highest BCUT2D eigenvalue weighted by molar-refractivity contribution is 8.01. The summed E-state index contributed by atoms with van der Waals surface area (Å²) in [4.78, 5) is 0. The van der Waals surface area contributed by atoms with Crippen molar-refractivity contribution in [3.8, 4) is 0 Å². The topological polar surface area (TPSA) is 49.4 Å². The average molecular weight is 195 g/mol. The van der Waals surface area contributed by atoms with E-state index in [-0.39, 0.29) is 11.4 Å². The van der Waals surface area contributed by atoms with Gasteiger partial charge in [-0.3, -0.25) is 4.21 Å². The van der Waals surface area contributed by atoms with Gasteiger partial charge in [0.25, 0.3) is 0 Å². The molecule has 1 unspecified atom stereocenters. The van der Waals surface area contributed by atoms with Crippen molar-refractivity contribution in [2.24, 2.45) is 0 Å². The van der Waals surface area contributed by atoms with Gasteiger partial charge in [-0.05, 0) is 6.92 Å². The predicted molar refractivity (Wildman–Crippen MR) is 45.5 cm³/mol. The van der Waals surface area contributed by atoms with E-state index in [0.717, 1.165) is 11.5 Å². The second kappa shape index (κ2) is 3.89. The zero-order chi connectivity index (χ0) is 8.32. The second-order valence-electron chi connectivity index (χ2n) is 2.56. The Bertz CT molecular complexity index is 156. The maximum Gasteiger partial charge on any atom is 0.0965 e. The number of ether oxygens (including phenoxy) is 1. The van der Waals surface area contributed by atoms with Crippen molar-refractivity contribution >= 4 is 22.8 Å². The van der Waals surface area contributed by atoms with Crippen molar-refractivity contribution in [2.45, 2.75) is 12.5 Å². The van der Waals surface area contributed by atoms with Gasteiger partial charge in [0.05, 0.1) is 5.60 Å². The molecule has 1 atom stereocenters. The van der Waals surface area contributed by atoms with Crippen LogP contribution in [0.5, 0.6) is 0 Å². The van der Waals surface area contributed by atoms with Gasteiger partial charge in [0.2, 0.25) is 0 Å². The molecule has 0 aromatic carbocycles. The van der Waals surface area contributed by atoms with Crippen LogP contribution in [0.4, 0.5) is 0 Å². The van der Waals surface area contributed by atoms with Crippen molar-refractivity contribution in [3.05, 3.63) is 0 Å². The molecular formula is C6H11O3S2-. The molecule has 1 heterocycles. The molecule has 1 aliphatic rings. The summed E-state index contributed by atoms with van der Waals surface area (Å²) in [6.45, 7) is 2.48. The fourth-order valence-corrected chi connectivity index (χ4v) is 3.06. The summed E-state index contributed by atoms with van der Waals surface area (Å²) in [6.07, 6.45) is 0. The number of thioether (sulfide) groups is 1. The van der Waals surface area contributed by atoms with Gasteiger partial charge in [0.1, 0.15) is 0 Å². The number of hydrogen-bond acceptors (Lipinski definition) is 4. The molecule has 0 N–H and O–H groups in total. The Morgan fingerprint density at radius 2 is 2.36 bits per heavy atom. The van der Waals surface area contributed by atoms with E-state index < -0.39 is 11.1 Å². The van der Waals surface area contributed by atoms with E-state index in [1.165, 1.54) is 0 Å². The van der Waals surface area contributed by atoms with Gasteiger partial charge in [-0.1, -0.05) is 11.1 Å². The Morgan fingerprint density at radius 1 is 1.73 bits per heavy atom. The van der Waals surface area contributed by atoms with Crippen LogP contribution in [-0.4, -0.2) is 38.2 Å². The third kappa shape index (κ3) is 2.43. The summed E-state index contributed by atoms with van der Waals surface area (Å²) >= 11 is -0.246. The first-order chi connectivity index (χ1) is 5.18. The highest BCUT2D eigenvalue weighted by Crippen LogP contribution is 2.33. The Balaban J connectivity index is 2.39. The lowest BCUT2D eigenvalue weighted by Gasteiger charge is -2.41. The van der Waals surface area contributed by atoms with Crippen molar-refractivity contribution in [1.29, 1.82) is 0 Å². The smallest absolute Gasteiger partial charge is 0.0965 e. The van der Waals surface area contributed by atoms with Crippen LogP contribution in [-0.2, 0) is 15.8 Å². The summed E-state index contributed by atoms with van der Waals surface area (Å²) in [7, 11) is 0. The van der Waals surface area contributed by atoms with Gasteiger partial charge in [-0.2, -0.15) is 11.8 Å². The highest BCUT2D eigenvalue weighted by atomic mass is 32.2. The maximum atomic E-state index is 10.4. The first-order valence-corrected chi connectivity index (χ1v) is 5.86. The zero-order valence-corrected chi connectivity index (χ0v) is 8.00. The van der Waals surface area contributed by atoms with Crippen molar-refractivity contribution < 1.29 is 13.5 Å². The van der Waals surface area contributed by atoms with Gasteiger partial charge in [0.15, 0.2) is 0 Å². The molecule has 0 bridgehead atoms. The first kappa shape index (κ1) is 9.51. The van der Waals surface area contributed by atoms with E-state index >= 15 is 0 Å². The van der Waals surface area contributed by atoms with Gasteiger partial charge in [-0.15, -0.1) is 0 Å². The quantitative estimate of drug-likeness (QED) is 0.609. The summed E-state index contributed by atoms with van der Waals surface area (Å²) in [5.41, 5.74) is -0.355. The number of hydrogen-bond donors (Lipinski definition) is 0. The summed E-state index contributed by atoms with van der Waals surface area (Å²) in [5.74, 6) is 1.78. The van der Waals surface area contributed by atoms with E-state index in [2.05, 4.69) is 0 Å². The normalized spacial score (nSPS) is 24.2. The zero-order valence-electron chi connectivity index (χ0n) is 6.37. The first-order valence-electron chi connectivity index (χ1n) is 3.46. The molecule has 0 saturated carbocycles. The van der Waals surface area contributed by atoms with Gasteiger partial charge in [-0.25, -0.2) is 0 Å². The lowest BCUT2D eigenvalue weighted by Crippen LogP contribution is -2.50. The summed E-state index contributed by atoms with van der Waals surface area (Å²) in [5, 5.41) is 0. The summed E-state index contributed by atoms with van der Waals surface area (Å²) < 4.78 is 26.1. The lowest BCUT2D eigenvalue weighted by molar-refractivity contribution is 0.00669.